The maximum atomic E-state index is 13.2. The number of nitrogens with one attached hydrogen (secondary N) is 2. The number of aliphatic carboxylic acids is 1. The highest BCUT2D eigenvalue weighted by molar-refractivity contribution is 6.04. The van der Waals surface area contributed by atoms with Crippen molar-refractivity contribution in [3.63, 3.8) is 0 Å². The number of carbonyl (C=O) groups is 2. The topological polar surface area (TPSA) is 122 Å². The van der Waals surface area contributed by atoms with Crippen LogP contribution >= 0.6 is 0 Å². The largest absolute Gasteiger partial charge is 0.490 e. The number of hydrogen-bond donors (Lipinski definition) is 4. The van der Waals surface area contributed by atoms with Gasteiger partial charge in [0.2, 0.25) is 0 Å². The molecule has 2 aromatic heterocycles. The first-order chi connectivity index (χ1) is 17.0. The molecule has 3 aromatic rings. The van der Waals surface area contributed by atoms with Crippen molar-refractivity contribution in [1.82, 2.24) is 9.61 Å². The summed E-state index contributed by atoms with van der Waals surface area (Å²) in [7, 11) is 0. The fourth-order valence-electron chi connectivity index (χ4n) is 3.75. The molecule has 194 valence electrons. The summed E-state index contributed by atoms with van der Waals surface area (Å²) >= 11 is 0. The van der Waals surface area contributed by atoms with Gasteiger partial charge >= 0.3 is 12.1 Å². The number of rotatable bonds is 5. The first-order valence-corrected chi connectivity index (χ1v) is 11.0. The van der Waals surface area contributed by atoms with E-state index in [4.69, 9.17) is 15.6 Å². The number of amides is 1. The van der Waals surface area contributed by atoms with Gasteiger partial charge in [-0.3, -0.25) is 4.79 Å². The van der Waals surface area contributed by atoms with E-state index in [-0.39, 0.29) is 29.0 Å². The molecule has 1 aliphatic rings. The van der Waals surface area contributed by atoms with Gasteiger partial charge in [0.15, 0.2) is 0 Å². The summed E-state index contributed by atoms with van der Waals surface area (Å²) in [5.74, 6) is -2.64. The van der Waals surface area contributed by atoms with E-state index in [1.54, 1.807) is 18.2 Å². The number of alkyl halides is 5. The molecule has 0 unspecified atom stereocenters. The summed E-state index contributed by atoms with van der Waals surface area (Å²) in [5, 5.41) is 17.6. The van der Waals surface area contributed by atoms with Crippen molar-refractivity contribution in [1.29, 1.82) is 0 Å². The van der Waals surface area contributed by atoms with Crippen molar-refractivity contribution in [2.24, 2.45) is 5.73 Å². The van der Waals surface area contributed by atoms with Crippen LogP contribution in [0.4, 0.5) is 33.5 Å². The Morgan fingerprint density at radius 1 is 1.06 bits per heavy atom. The molecular weight excluding hydrogens is 489 g/mol. The molecule has 1 aliphatic carbocycles. The van der Waals surface area contributed by atoms with Gasteiger partial charge in [-0.2, -0.15) is 13.2 Å². The van der Waals surface area contributed by atoms with Gasteiger partial charge < -0.3 is 21.5 Å². The van der Waals surface area contributed by atoms with Gasteiger partial charge in [-0.1, -0.05) is 31.0 Å². The molecule has 2 atom stereocenters. The highest BCUT2D eigenvalue weighted by Crippen LogP contribution is 2.27. The molecule has 36 heavy (non-hydrogen) atoms. The molecule has 1 amide bonds. The predicted molar refractivity (Wildman–Crippen MR) is 122 cm³/mol. The van der Waals surface area contributed by atoms with Crippen molar-refractivity contribution >= 4 is 28.9 Å². The van der Waals surface area contributed by atoms with Crippen LogP contribution in [0, 0.1) is 0 Å². The molecule has 8 nitrogen and oxygen atoms in total. The summed E-state index contributed by atoms with van der Waals surface area (Å²) in [5.41, 5.74) is 7.07. The van der Waals surface area contributed by atoms with Crippen LogP contribution in [0.3, 0.4) is 0 Å². The lowest BCUT2D eigenvalue weighted by molar-refractivity contribution is -0.192. The summed E-state index contributed by atoms with van der Waals surface area (Å²) in [6, 6.07) is 13.2. The minimum absolute atomic E-state index is 0.0690. The van der Waals surface area contributed by atoms with E-state index in [0.717, 1.165) is 31.2 Å². The highest BCUT2D eigenvalue weighted by atomic mass is 19.4. The number of halogens is 5. The second-order valence-corrected chi connectivity index (χ2v) is 8.12. The van der Waals surface area contributed by atoms with Gasteiger partial charge in [0.05, 0.1) is 5.52 Å². The Hall–Kier alpha value is -3.74. The van der Waals surface area contributed by atoms with Crippen LogP contribution in [0.2, 0.25) is 0 Å². The van der Waals surface area contributed by atoms with Crippen molar-refractivity contribution in [3.8, 4) is 0 Å². The molecule has 0 saturated heterocycles. The van der Waals surface area contributed by atoms with Crippen LogP contribution in [0.25, 0.3) is 5.52 Å². The predicted octanol–water partition coefficient (Wildman–Crippen LogP) is 4.84. The number of carboxylic acids is 1. The van der Waals surface area contributed by atoms with E-state index in [1.165, 1.54) is 22.7 Å². The van der Waals surface area contributed by atoms with Gasteiger partial charge in [-0.25, -0.2) is 18.1 Å². The number of hydrogen-bond acceptors (Lipinski definition) is 5. The Bertz CT molecular complexity index is 1210. The van der Waals surface area contributed by atoms with E-state index in [0.29, 0.717) is 5.82 Å². The third-order valence-corrected chi connectivity index (χ3v) is 5.58. The van der Waals surface area contributed by atoms with E-state index >= 15 is 0 Å². The number of benzene rings is 1. The van der Waals surface area contributed by atoms with Crippen LogP contribution in [-0.4, -0.2) is 44.9 Å². The van der Waals surface area contributed by atoms with E-state index in [2.05, 4.69) is 15.7 Å². The number of carboxylic acid groups (broad SMARTS) is 1. The monoisotopic (exact) mass is 513 g/mol. The Morgan fingerprint density at radius 2 is 1.69 bits per heavy atom. The van der Waals surface area contributed by atoms with E-state index in [1.807, 2.05) is 12.1 Å². The molecule has 1 fully saturated rings. The van der Waals surface area contributed by atoms with Gasteiger partial charge in [-0.15, -0.1) is 5.10 Å². The summed E-state index contributed by atoms with van der Waals surface area (Å²) < 4.78 is 59.6. The summed E-state index contributed by atoms with van der Waals surface area (Å²) in [6.45, 7) is 0. The lowest BCUT2D eigenvalue weighted by Gasteiger charge is -2.29. The van der Waals surface area contributed by atoms with Crippen LogP contribution in [0.5, 0.6) is 0 Å². The number of para-hydroxylation sites is 1. The lowest BCUT2D eigenvalue weighted by atomic mass is 9.91. The Kier molecular flexibility index (Phi) is 8.45. The van der Waals surface area contributed by atoms with Crippen LogP contribution in [-0.2, 0) is 4.79 Å². The third-order valence-electron chi connectivity index (χ3n) is 5.58. The standard InChI is InChI=1S/C21H23F2N5O.C2HF3O2/c22-20(23)14-5-1-3-7-16(14)26-21(29)18-11-9-13-10-12-19(27-28(13)18)25-17-8-4-2-6-15(17)24;3-2(4,5)1(6)7/h1,3,5,7,9-12,15,17,20H,2,4,6,8,24H2,(H,25,27)(H,26,29);(H,6,7)/t15-,17+;/m0./s1. The average molecular weight is 513 g/mol. The lowest BCUT2D eigenvalue weighted by Crippen LogP contribution is -2.42. The quantitative estimate of drug-likeness (QED) is 0.362. The molecule has 0 spiro atoms. The highest BCUT2D eigenvalue weighted by Gasteiger charge is 2.38. The number of aromatic nitrogens is 2. The summed E-state index contributed by atoms with van der Waals surface area (Å²) in [4.78, 5) is 21.7. The molecule has 13 heteroatoms. The molecular formula is C23H24F5N5O3. The fraction of sp³-hybridized carbons (Fsp3) is 0.348. The van der Waals surface area contributed by atoms with Gasteiger partial charge in [0.1, 0.15) is 11.5 Å². The van der Waals surface area contributed by atoms with Crippen molar-refractivity contribution in [3.05, 3.63) is 59.8 Å². The van der Waals surface area contributed by atoms with Crippen molar-refractivity contribution in [2.75, 3.05) is 10.6 Å². The number of carbonyl (C=O) groups excluding carboxylic acids is 1. The van der Waals surface area contributed by atoms with E-state index in [9.17, 15) is 26.7 Å². The minimum atomic E-state index is -5.08. The number of nitrogens with zero attached hydrogens (tertiary/aromatic N) is 2. The molecule has 0 bridgehead atoms. The normalized spacial score (nSPS) is 17.9. The maximum absolute atomic E-state index is 13.2. The zero-order valence-electron chi connectivity index (χ0n) is 18.8. The number of anilines is 2. The first-order valence-electron chi connectivity index (χ1n) is 11.0. The smallest absolute Gasteiger partial charge is 0.475 e. The Balaban J connectivity index is 0.000000454. The molecule has 1 saturated carbocycles. The summed E-state index contributed by atoms with van der Waals surface area (Å²) in [6.07, 6.45) is -3.56. The van der Waals surface area contributed by atoms with Gasteiger partial charge in [-0.05, 0) is 43.2 Å². The van der Waals surface area contributed by atoms with Gasteiger partial charge in [0.25, 0.3) is 12.3 Å². The van der Waals surface area contributed by atoms with Gasteiger partial charge in [0, 0.05) is 23.3 Å². The zero-order chi connectivity index (χ0) is 26.5. The second-order valence-electron chi connectivity index (χ2n) is 8.12. The average Bonchev–Trinajstić information content (AvgIpc) is 3.24. The fourth-order valence-corrected chi connectivity index (χ4v) is 3.75. The van der Waals surface area contributed by atoms with Crippen LogP contribution < -0.4 is 16.4 Å². The minimum Gasteiger partial charge on any atom is -0.475 e. The van der Waals surface area contributed by atoms with Crippen LogP contribution in [0.15, 0.2) is 48.5 Å². The second kappa shape index (κ2) is 11.3. The Labute approximate surface area is 202 Å². The van der Waals surface area contributed by atoms with Crippen LogP contribution in [0.1, 0.15) is 48.2 Å². The molecule has 4 rings (SSSR count). The zero-order valence-corrected chi connectivity index (χ0v) is 18.8. The molecule has 0 radical (unpaired) electrons. The molecule has 0 aliphatic heterocycles. The number of fused-ring (bicyclic) bond motifs is 1. The molecule has 5 N–H and O–H groups in total. The SMILES string of the molecule is N[C@H]1CCCC[C@H]1Nc1ccc2ccc(C(=O)Nc3ccccc3C(F)F)n2n1.O=C(O)C(F)(F)F. The van der Waals surface area contributed by atoms with Crippen molar-refractivity contribution in [2.45, 2.75) is 50.4 Å². The molecule has 2 heterocycles. The third kappa shape index (κ3) is 6.68. The van der Waals surface area contributed by atoms with Crippen molar-refractivity contribution < 1.29 is 36.6 Å². The first kappa shape index (κ1) is 26.9. The Morgan fingerprint density at radius 3 is 2.33 bits per heavy atom. The number of nitrogens with two attached hydrogens (primary N) is 1. The molecule has 1 aromatic carbocycles. The van der Waals surface area contributed by atoms with E-state index < -0.39 is 24.5 Å². The maximum Gasteiger partial charge on any atom is 0.490 e.